The lowest BCUT2D eigenvalue weighted by Gasteiger charge is -2.40. The summed E-state index contributed by atoms with van der Waals surface area (Å²) in [4.78, 5) is 9.40. The van der Waals surface area contributed by atoms with E-state index in [0.29, 0.717) is 18.1 Å². The Morgan fingerprint density at radius 2 is 1.96 bits per heavy atom. The first kappa shape index (κ1) is 16.5. The molecule has 0 aliphatic carbocycles. The third kappa shape index (κ3) is 3.47. The number of rotatable bonds is 4. The van der Waals surface area contributed by atoms with Gasteiger partial charge >= 0.3 is 0 Å². The summed E-state index contributed by atoms with van der Waals surface area (Å²) in [5.41, 5.74) is 1.94. The molecular formula is C20H25N7. The van der Waals surface area contributed by atoms with Crippen molar-refractivity contribution < 1.29 is 0 Å². The maximum atomic E-state index is 4.86. The van der Waals surface area contributed by atoms with E-state index in [-0.39, 0.29) is 0 Å². The van der Waals surface area contributed by atoms with Crippen LogP contribution in [0.25, 0.3) is 10.9 Å². The van der Waals surface area contributed by atoms with Crippen LogP contribution in [0.4, 0.5) is 17.5 Å². The maximum absolute atomic E-state index is 4.86. The van der Waals surface area contributed by atoms with E-state index in [1.54, 1.807) is 0 Å². The van der Waals surface area contributed by atoms with Gasteiger partial charge in [-0.25, -0.2) is 4.98 Å². The number of nitrogens with one attached hydrogen (secondary N) is 4. The molecule has 0 aromatic carbocycles. The number of fused-ring (bicyclic) bond motifs is 3. The van der Waals surface area contributed by atoms with Crippen molar-refractivity contribution in [3.8, 4) is 0 Å². The first-order valence-electron chi connectivity index (χ1n) is 9.80. The molecule has 2 fully saturated rings. The van der Waals surface area contributed by atoms with Crippen LogP contribution in [0.2, 0.25) is 0 Å². The van der Waals surface area contributed by atoms with Crippen LogP contribution >= 0.6 is 0 Å². The van der Waals surface area contributed by atoms with Crippen LogP contribution < -0.4 is 16.0 Å². The van der Waals surface area contributed by atoms with Gasteiger partial charge in [0.1, 0.15) is 11.6 Å². The molecule has 27 heavy (non-hydrogen) atoms. The van der Waals surface area contributed by atoms with Gasteiger partial charge in [0, 0.05) is 47.5 Å². The van der Waals surface area contributed by atoms with Gasteiger partial charge in [0.15, 0.2) is 5.82 Å². The largest absolute Gasteiger partial charge is 0.367 e. The van der Waals surface area contributed by atoms with Crippen molar-refractivity contribution in [2.24, 2.45) is 0 Å². The molecule has 2 aliphatic heterocycles. The fourth-order valence-electron chi connectivity index (χ4n) is 4.44. The lowest BCUT2D eigenvalue weighted by molar-refractivity contribution is 0.230. The molecule has 7 nitrogen and oxygen atoms in total. The number of aryl methyl sites for hydroxylation is 1. The molecular weight excluding hydrogens is 338 g/mol. The smallest absolute Gasteiger partial charge is 0.153 e. The third-order valence-electron chi connectivity index (χ3n) is 5.62. The monoisotopic (exact) mass is 363 g/mol. The van der Waals surface area contributed by atoms with Crippen molar-refractivity contribution in [2.75, 3.05) is 10.6 Å². The number of aromatic nitrogens is 4. The van der Waals surface area contributed by atoms with Gasteiger partial charge in [-0.05, 0) is 44.7 Å². The van der Waals surface area contributed by atoms with Gasteiger partial charge in [-0.2, -0.15) is 5.10 Å². The van der Waals surface area contributed by atoms with E-state index >= 15 is 0 Å². The molecule has 0 radical (unpaired) electrons. The average Bonchev–Trinajstić information content (AvgIpc) is 3.06. The number of piperidine rings is 2. The minimum absolute atomic E-state index is 0.445. The summed E-state index contributed by atoms with van der Waals surface area (Å²) in [5.74, 6) is 2.42. The molecule has 0 spiro atoms. The van der Waals surface area contributed by atoms with Crippen molar-refractivity contribution in [2.45, 2.75) is 57.2 Å². The zero-order valence-electron chi connectivity index (χ0n) is 15.5. The Bertz CT molecular complexity index is 938. The molecule has 3 aromatic rings. The summed E-state index contributed by atoms with van der Waals surface area (Å²) >= 11 is 0. The maximum Gasteiger partial charge on any atom is 0.153 e. The lowest BCUT2D eigenvalue weighted by atomic mass is 9.84. The van der Waals surface area contributed by atoms with E-state index in [2.05, 4.69) is 37.2 Å². The number of aromatic amines is 1. The highest BCUT2D eigenvalue weighted by Gasteiger charge is 2.31. The number of nitrogens with zero attached hydrogens (tertiary/aromatic N) is 3. The van der Waals surface area contributed by atoms with Crippen LogP contribution in [-0.2, 0) is 0 Å². The Balaban J connectivity index is 1.45. The van der Waals surface area contributed by atoms with E-state index < -0.39 is 0 Å². The first-order chi connectivity index (χ1) is 13.2. The van der Waals surface area contributed by atoms with E-state index in [1.807, 2.05) is 31.3 Å². The van der Waals surface area contributed by atoms with Gasteiger partial charge in [-0.3, -0.25) is 10.1 Å². The second-order valence-corrected chi connectivity index (χ2v) is 7.79. The molecule has 2 bridgehead atoms. The highest BCUT2D eigenvalue weighted by Crippen LogP contribution is 2.30. The average molecular weight is 363 g/mol. The minimum Gasteiger partial charge on any atom is -0.367 e. The lowest BCUT2D eigenvalue weighted by Crippen LogP contribution is -2.52. The van der Waals surface area contributed by atoms with Gasteiger partial charge in [-0.1, -0.05) is 6.42 Å². The number of hydrogen-bond donors (Lipinski definition) is 4. The zero-order chi connectivity index (χ0) is 18.2. The van der Waals surface area contributed by atoms with Crippen LogP contribution in [0.3, 0.4) is 0 Å². The molecule has 7 heteroatoms. The van der Waals surface area contributed by atoms with Gasteiger partial charge in [0.2, 0.25) is 0 Å². The summed E-state index contributed by atoms with van der Waals surface area (Å²) in [7, 11) is 0. The predicted octanol–water partition coefficient (Wildman–Crippen LogP) is 3.49. The predicted molar refractivity (Wildman–Crippen MR) is 107 cm³/mol. The second kappa shape index (κ2) is 6.81. The van der Waals surface area contributed by atoms with Gasteiger partial charge in [0.25, 0.3) is 0 Å². The van der Waals surface area contributed by atoms with Crippen LogP contribution in [0, 0.1) is 6.92 Å². The van der Waals surface area contributed by atoms with Crippen molar-refractivity contribution >= 4 is 28.4 Å². The minimum atomic E-state index is 0.445. The summed E-state index contributed by atoms with van der Waals surface area (Å²) < 4.78 is 0. The van der Waals surface area contributed by atoms with E-state index in [4.69, 9.17) is 4.98 Å². The van der Waals surface area contributed by atoms with Crippen molar-refractivity contribution in [1.82, 2.24) is 25.5 Å². The van der Waals surface area contributed by atoms with Crippen LogP contribution in [-0.4, -0.2) is 38.3 Å². The molecule has 3 atom stereocenters. The molecule has 2 saturated heterocycles. The van der Waals surface area contributed by atoms with Crippen LogP contribution in [0.15, 0.2) is 30.5 Å². The SMILES string of the molecule is Cc1cc(Nc2cc3ncccc3c(NC3C[C@H]4CCC[C@@H](C3)N4)n2)n[nH]1. The second-order valence-electron chi connectivity index (χ2n) is 7.79. The van der Waals surface area contributed by atoms with E-state index in [0.717, 1.165) is 46.9 Å². The van der Waals surface area contributed by atoms with Crippen molar-refractivity contribution in [3.63, 3.8) is 0 Å². The molecule has 5 rings (SSSR count). The fourth-order valence-corrected chi connectivity index (χ4v) is 4.44. The Kier molecular flexibility index (Phi) is 4.16. The summed E-state index contributed by atoms with van der Waals surface area (Å²) in [6.07, 6.45) is 8.04. The number of H-pyrrole nitrogens is 1. The molecule has 4 N–H and O–H groups in total. The molecule has 140 valence electrons. The normalized spacial score (nSPS) is 24.7. The highest BCUT2D eigenvalue weighted by atomic mass is 15.2. The first-order valence-corrected chi connectivity index (χ1v) is 9.80. The molecule has 3 aromatic heterocycles. The Morgan fingerprint density at radius 1 is 1.11 bits per heavy atom. The van der Waals surface area contributed by atoms with Gasteiger partial charge in [-0.15, -0.1) is 0 Å². The quantitative estimate of drug-likeness (QED) is 0.567. The Hall–Kier alpha value is -2.67. The van der Waals surface area contributed by atoms with Crippen molar-refractivity contribution in [1.29, 1.82) is 0 Å². The molecule has 0 saturated carbocycles. The summed E-state index contributed by atoms with van der Waals surface area (Å²) in [6.45, 7) is 1.98. The summed E-state index contributed by atoms with van der Waals surface area (Å²) in [6, 6.07) is 9.70. The van der Waals surface area contributed by atoms with E-state index in [1.165, 1.54) is 19.3 Å². The third-order valence-corrected chi connectivity index (χ3v) is 5.62. The number of hydrogen-bond acceptors (Lipinski definition) is 6. The van der Waals surface area contributed by atoms with E-state index in [9.17, 15) is 0 Å². The van der Waals surface area contributed by atoms with Crippen LogP contribution in [0.1, 0.15) is 37.8 Å². The Labute approximate surface area is 158 Å². The van der Waals surface area contributed by atoms with Crippen molar-refractivity contribution in [3.05, 3.63) is 36.2 Å². The molecule has 1 unspecified atom stereocenters. The highest BCUT2D eigenvalue weighted by molar-refractivity contribution is 5.91. The molecule has 2 aliphatic rings. The zero-order valence-corrected chi connectivity index (χ0v) is 15.5. The van der Waals surface area contributed by atoms with Crippen LogP contribution in [0.5, 0.6) is 0 Å². The summed E-state index contributed by atoms with van der Waals surface area (Å²) in [5, 5.41) is 19.0. The molecule has 0 amide bonds. The fraction of sp³-hybridized carbons (Fsp3) is 0.450. The number of anilines is 3. The van der Waals surface area contributed by atoms with Gasteiger partial charge < -0.3 is 16.0 Å². The molecule has 5 heterocycles. The topological polar surface area (TPSA) is 90.6 Å². The standard InChI is InChI=1S/C20H25N7/c1-12-8-19(27-26-12)24-18-11-17-16(6-3-7-21-17)20(25-18)23-15-9-13-4-2-5-14(10-15)22-13/h3,6-8,11,13-15,22H,2,4-5,9-10H2,1H3,(H3,23,24,25,26,27)/t13-,14+,15?. The Morgan fingerprint density at radius 3 is 2.74 bits per heavy atom. The number of pyridine rings is 2. The van der Waals surface area contributed by atoms with Gasteiger partial charge in [0.05, 0.1) is 5.52 Å².